The van der Waals surface area contributed by atoms with Crippen molar-refractivity contribution in [2.75, 3.05) is 0 Å². The van der Waals surface area contributed by atoms with Crippen LogP contribution in [0.3, 0.4) is 0 Å². The zero-order chi connectivity index (χ0) is 19.7. The summed E-state index contributed by atoms with van der Waals surface area (Å²) in [7, 11) is 0. The van der Waals surface area contributed by atoms with Crippen molar-refractivity contribution in [3.8, 4) is 0 Å². The fourth-order valence-electron chi connectivity index (χ4n) is 4.06. The highest BCUT2D eigenvalue weighted by atomic mass is 16.3. The SMILES string of the molecule is CC(C)(O)CCCC1=CCC(C=O)CC1.CC1=CC(C)C(C=O)C(C)C1. The Balaban J connectivity index is 0.000000273. The van der Waals surface area contributed by atoms with Gasteiger partial charge in [0.05, 0.1) is 5.60 Å². The van der Waals surface area contributed by atoms with Gasteiger partial charge in [0.25, 0.3) is 0 Å². The first kappa shape index (κ1) is 22.8. The Kier molecular flexibility index (Phi) is 9.49. The molecule has 0 radical (unpaired) electrons. The minimum absolute atomic E-state index is 0.249. The van der Waals surface area contributed by atoms with E-state index >= 15 is 0 Å². The molecular weight excluding hydrogens is 324 g/mol. The molecule has 0 saturated carbocycles. The van der Waals surface area contributed by atoms with Crippen molar-refractivity contribution in [1.29, 1.82) is 0 Å². The van der Waals surface area contributed by atoms with E-state index in [1.165, 1.54) is 11.1 Å². The lowest BCUT2D eigenvalue weighted by molar-refractivity contribution is -0.113. The summed E-state index contributed by atoms with van der Waals surface area (Å²) in [5.74, 6) is 1.48. The van der Waals surface area contributed by atoms with Gasteiger partial charge >= 0.3 is 0 Å². The second-order valence-corrected chi connectivity index (χ2v) is 8.97. The van der Waals surface area contributed by atoms with E-state index in [2.05, 4.69) is 32.9 Å². The molecule has 26 heavy (non-hydrogen) atoms. The Morgan fingerprint density at radius 1 is 1.23 bits per heavy atom. The third kappa shape index (κ3) is 8.44. The first-order chi connectivity index (χ1) is 12.2. The predicted molar refractivity (Wildman–Crippen MR) is 108 cm³/mol. The Hall–Kier alpha value is -1.22. The van der Waals surface area contributed by atoms with Gasteiger partial charge in [-0.3, -0.25) is 0 Å². The summed E-state index contributed by atoms with van der Waals surface area (Å²) in [4.78, 5) is 21.2. The number of hydrogen-bond donors (Lipinski definition) is 1. The van der Waals surface area contributed by atoms with Crippen molar-refractivity contribution in [2.24, 2.45) is 23.7 Å². The van der Waals surface area contributed by atoms with Crippen LogP contribution in [0.2, 0.25) is 0 Å². The van der Waals surface area contributed by atoms with E-state index < -0.39 is 5.60 Å². The highest BCUT2D eigenvalue weighted by molar-refractivity contribution is 5.56. The number of rotatable bonds is 6. The summed E-state index contributed by atoms with van der Waals surface area (Å²) in [6.45, 7) is 10.1. The van der Waals surface area contributed by atoms with E-state index in [0.29, 0.717) is 11.8 Å². The van der Waals surface area contributed by atoms with Crippen LogP contribution in [-0.4, -0.2) is 23.3 Å². The van der Waals surface area contributed by atoms with Crippen molar-refractivity contribution in [3.05, 3.63) is 23.3 Å². The van der Waals surface area contributed by atoms with E-state index in [1.54, 1.807) is 0 Å². The molecule has 0 amide bonds. The lowest BCUT2D eigenvalue weighted by Crippen LogP contribution is -2.24. The summed E-state index contributed by atoms with van der Waals surface area (Å²) in [5.41, 5.74) is 2.36. The molecule has 0 aromatic rings. The monoisotopic (exact) mass is 362 g/mol. The number of carbonyl (C=O) groups excluding carboxylic acids is 2. The van der Waals surface area contributed by atoms with Gasteiger partial charge in [-0.2, -0.15) is 0 Å². The Morgan fingerprint density at radius 3 is 2.38 bits per heavy atom. The molecule has 4 atom stereocenters. The smallest absolute Gasteiger partial charge is 0.123 e. The van der Waals surface area contributed by atoms with Crippen molar-refractivity contribution in [2.45, 2.75) is 85.2 Å². The van der Waals surface area contributed by atoms with Crippen molar-refractivity contribution < 1.29 is 14.7 Å². The van der Waals surface area contributed by atoms with Gasteiger partial charge in [0.1, 0.15) is 12.6 Å². The van der Waals surface area contributed by atoms with Crippen LogP contribution in [0.1, 0.15) is 79.6 Å². The third-order valence-electron chi connectivity index (χ3n) is 5.64. The molecular formula is C23H38O3. The zero-order valence-corrected chi connectivity index (χ0v) is 17.3. The highest BCUT2D eigenvalue weighted by Gasteiger charge is 2.25. The molecule has 3 nitrogen and oxygen atoms in total. The quantitative estimate of drug-likeness (QED) is 0.517. The highest BCUT2D eigenvalue weighted by Crippen LogP contribution is 2.31. The topological polar surface area (TPSA) is 54.4 Å². The number of aldehydes is 2. The number of aliphatic hydroxyl groups is 1. The first-order valence-electron chi connectivity index (χ1n) is 10.1. The van der Waals surface area contributed by atoms with E-state index in [9.17, 15) is 14.7 Å². The molecule has 4 unspecified atom stereocenters. The van der Waals surface area contributed by atoms with Gasteiger partial charge in [0, 0.05) is 11.8 Å². The van der Waals surface area contributed by atoms with Gasteiger partial charge in [-0.1, -0.05) is 37.1 Å². The van der Waals surface area contributed by atoms with Gasteiger partial charge in [-0.05, 0) is 77.6 Å². The first-order valence-corrected chi connectivity index (χ1v) is 10.1. The largest absolute Gasteiger partial charge is 0.390 e. The average molecular weight is 363 g/mol. The van der Waals surface area contributed by atoms with Crippen LogP contribution >= 0.6 is 0 Å². The Morgan fingerprint density at radius 2 is 1.92 bits per heavy atom. The van der Waals surface area contributed by atoms with Crippen molar-refractivity contribution in [1.82, 2.24) is 0 Å². The molecule has 0 bridgehead atoms. The van der Waals surface area contributed by atoms with Crippen LogP contribution in [0.4, 0.5) is 0 Å². The van der Waals surface area contributed by atoms with Gasteiger partial charge in [0.2, 0.25) is 0 Å². The molecule has 0 heterocycles. The average Bonchev–Trinajstić information content (AvgIpc) is 2.54. The van der Waals surface area contributed by atoms with Crippen molar-refractivity contribution >= 4 is 12.6 Å². The van der Waals surface area contributed by atoms with Gasteiger partial charge in [-0.25, -0.2) is 0 Å². The number of hydrogen-bond acceptors (Lipinski definition) is 3. The zero-order valence-electron chi connectivity index (χ0n) is 17.3. The molecule has 0 fully saturated rings. The molecule has 1 N–H and O–H groups in total. The minimum Gasteiger partial charge on any atom is -0.390 e. The van der Waals surface area contributed by atoms with E-state index in [1.807, 2.05) is 13.8 Å². The fourth-order valence-corrected chi connectivity index (χ4v) is 4.06. The van der Waals surface area contributed by atoms with E-state index in [0.717, 1.165) is 57.5 Å². The molecule has 0 aromatic heterocycles. The second kappa shape index (κ2) is 10.8. The van der Waals surface area contributed by atoms with Crippen LogP contribution in [0, 0.1) is 23.7 Å². The lowest BCUT2D eigenvalue weighted by Gasteiger charge is -2.28. The molecule has 3 heteroatoms. The van der Waals surface area contributed by atoms with Crippen LogP contribution < -0.4 is 0 Å². The van der Waals surface area contributed by atoms with E-state index in [-0.39, 0.29) is 11.8 Å². The fraction of sp³-hybridized carbons (Fsp3) is 0.739. The maximum Gasteiger partial charge on any atom is 0.123 e. The van der Waals surface area contributed by atoms with Crippen LogP contribution in [0.5, 0.6) is 0 Å². The van der Waals surface area contributed by atoms with Crippen LogP contribution in [0.25, 0.3) is 0 Å². The molecule has 0 spiro atoms. The minimum atomic E-state index is -0.541. The normalized spacial score (nSPS) is 29.0. The summed E-state index contributed by atoms with van der Waals surface area (Å²) < 4.78 is 0. The molecule has 0 saturated heterocycles. The number of carbonyl (C=O) groups is 2. The molecule has 0 aromatic carbocycles. The van der Waals surface area contributed by atoms with Crippen LogP contribution in [0.15, 0.2) is 23.3 Å². The standard InChI is InChI=1S/C13H22O2.C10H16O/c1-13(2,15)9-3-4-11-5-7-12(10-14)8-6-11;1-7-4-8(2)10(6-11)9(3)5-7/h5,10,12,15H,3-4,6-9H2,1-2H3;4,6,8-10H,5H2,1-3H3. The Bertz CT molecular complexity index is 510. The summed E-state index contributed by atoms with van der Waals surface area (Å²) in [6, 6.07) is 0. The summed E-state index contributed by atoms with van der Waals surface area (Å²) in [6.07, 6.45) is 13.7. The lowest BCUT2D eigenvalue weighted by atomic mass is 9.76. The molecule has 148 valence electrons. The summed E-state index contributed by atoms with van der Waals surface area (Å²) in [5, 5.41) is 9.56. The maximum absolute atomic E-state index is 10.7. The van der Waals surface area contributed by atoms with Gasteiger partial charge < -0.3 is 14.7 Å². The van der Waals surface area contributed by atoms with E-state index in [4.69, 9.17) is 0 Å². The second-order valence-electron chi connectivity index (χ2n) is 8.97. The molecule has 2 rings (SSSR count). The predicted octanol–water partition coefficient (Wildman–Crippen LogP) is 5.28. The summed E-state index contributed by atoms with van der Waals surface area (Å²) >= 11 is 0. The van der Waals surface area contributed by atoms with Gasteiger partial charge in [0.15, 0.2) is 0 Å². The van der Waals surface area contributed by atoms with Crippen molar-refractivity contribution in [3.63, 3.8) is 0 Å². The van der Waals surface area contributed by atoms with Gasteiger partial charge in [-0.15, -0.1) is 0 Å². The Labute approximate surface area is 160 Å². The third-order valence-corrected chi connectivity index (χ3v) is 5.64. The molecule has 2 aliphatic carbocycles. The molecule has 0 aliphatic heterocycles. The van der Waals surface area contributed by atoms with Crippen LogP contribution in [-0.2, 0) is 9.59 Å². The maximum atomic E-state index is 10.7. The number of allylic oxidation sites excluding steroid dienone is 4. The molecule has 2 aliphatic rings.